The minimum Gasteiger partial charge on any atom is -0.481 e. The lowest BCUT2D eigenvalue weighted by atomic mass is 9.85. The zero-order chi connectivity index (χ0) is 34.0. The summed E-state index contributed by atoms with van der Waals surface area (Å²) in [4.78, 5) is 13.4. The van der Waals surface area contributed by atoms with Crippen molar-refractivity contribution in [3.05, 3.63) is 46.7 Å². The number of rotatable bonds is 6. The van der Waals surface area contributed by atoms with E-state index in [9.17, 15) is 0 Å². The molecule has 0 fully saturated rings. The fraction of sp³-hybridized carbons (Fsp3) is 0.622. The van der Waals surface area contributed by atoms with E-state index >= 15 is 0 Å². The number of hydrogen-bond donors (Lipinski definition) is 3. The Labute approximate surface area is 270 Å². The molecule has 0 unspecified atom stereocenters. The molecule has 1 aliphatic carbocycles. The molecule has 1 aromatic heterocycles. The Balaban J connectivity index is 0. The molecule has 2 aromatic rings. The highest BCUT2D eigenvalue weighted by atomic mass is 32.1. The van der Waals surface area contributed by atoms with E-state index in [1.807, 2.05) is 33.9 Å². The minimum absolute atomic E-state index is 0.354. The number of benzene rings is 1. The number of nitrogens with zero attached hydrogens (tertiary/aromatic N) is 1. The molecule has 0 aliphatic heterocycles. The fourth-order valence-electron chi connectivity index (χ4n) is 4.83. The average Bonchev–Trinajstić information content (AvgIpc) is 3.14. The van der Waals surface area contributed by atoms with Crippen LogP contribution in [0.25, 0.3) is 16.7 Å². The van der Waals surface area contributed by atoms with Crippen molar-refractivity contribution in [2.24, 2.45) is 5.41 Å². The van der Waals surface area contributed by atoms with E-state index in [0.717, 1.165) is 36.8 Å². The van der Waals surface area contributed by atoms with Crippen LogP contribution in [0.15, 0.2) is 24.4 Å². The first kappa shape index (κ1) is 42.8. The number of allylic oxidation sites excluding steroid dienone is 2. The van der Waals surface area contributed by atoms with Gasteiger partial charge >= 0.3 is 0 Å². The Kier molecular flexibility index (Phi) is 21.3. The van der Waals surface area contributed by atoms with E-state index in [4.69, 9.17) is 14.6 Å². The smallest absolute Gasteiger partial charge is 0.213 e. The zero-order valence-electron chi connectivity index (χ0n) is 30.2. The summed E-state index contributed by atoms with van der Waals surface area (Å²) < 4.78 is 8.62. The number of carbonyl (C=O) groups is 1. The molecule has 246 valence electrons. The van der Waals surface area contributed by atoms with Gasteiger partial charge in [0.05, 0.1) is 18.4 Å². The van der Waals surface area contributed by atoms with E-state index in [2.05, 4.69) is 82.3 Å². The monoisotopic (exact) mass is 616 g/mol. The van der Waals surface area contributed by atoms with Crippen LogP contribution in [0.3, 0.4) is 0 Å². The molecule has 0 spiro atoms. The summed E-state index contributed by atoms with van der Waals surface area (Å²) in [5.74, 6) is 1.01. The van der Waals surface area contributed by atoms with Crippen molar-refractivity contribution in [3.8, 4) is 17.0 Å². The van der Waals surface area contributed by atoms with Gasteiger partial charge in [0.2, 0.25) is 5.88 Å². The van der Waals surface area contributed by atoms with Crippen molar-refractivity contribution < 1.29 is 14.6 Å². The molecular weight excluding hydrogens is 552 g/mol. The Morgan fingerprint density at radius 3 is 2.09 bits per heavy atom. The average molecular weight is 617 g/mol. The van der Waals surface area contributed by atoms with Gasteiger partial charge in [-0.05, 0) is 112 Å². The van der Waals surface area contributed by atoms with E-state index in [0.29, 0.717) is 17.2 Å². The van der Waals surface area contributed by atoms with Gasteiger partial charge < -0.3 is 19.4 Å². The maximum atomic E-state index is 8.81. The molecule has 1 aromatic carbocycles. The molecule has 0 amide bonds. The van der Waals surface area contributed by atoms with Gasteiger partial charge in [0.1, 0.15) is 6.29 Å². The molecule has 0 atom stereocenters. The van der Waals surface area contributed by atoms with Crippen molar-refractivity contribution in [1.82, 2.24) is 4.98 Å². The number of anilines is 1. The molecule has 0 saturated carbocycles. The van der Waals surface area contributed by atoms with Crippen LogP contribution in [0.2, 0.25) is 0 Å². The van der Waals surface area contributed by atoms with Gasteiger partial charge in [-0.2, -0.15) is 0 Å². The topological polar surface area (TPSA) is 71.5 Å². The van der Waals surface area contributed by atoms with Crippen LogP contribution < -0.4 is 9.46 Å². The largest absolute Gasteiger partial charge is 0.481 e. The molecule has 43 heavy (non-hydrogen) atoms. The quantitative estimate of drug-likeness (QED) is 0.222. The number of hydrogen-bond acceptors (Lipinski definition) is 6. The van der Waals surface area contributed by atoms with Gasteiger partial charge in [-0.15, -0.1) is 0 Å². The van der Waals surface area contributed by atoms with Crippen LogP contribution in [0.4, 0.5) is 5.69 Å². The maximum absolute atomic E-state index is 8.81. The molecular formula is C37H64N2O3S. The van der Waals surface area contributed by atoms with Gasteiger partial charge in [-0.25, -0.2) is 4.98 Å². The molecule has 6 heteroatoms. The number of aromatic nitrogens is 1. The van der Waals surface area contributed by atoms with Crippen molar-refractivity contribution in [3.63, 3.8) is 0 Å². The first-order valence-electron chi connectivity index (χ1n) is 16.1. The number of methoxy groups -OCH3 is 1. The predicted molar refractivity (Wildman–Crippen MR) is 194 cm³/mol. The predicted octanol–water partition coefficient (Wildman–Crippen LogP) is 11.0. The number of ether oxygens (including phenoxy) is 1. The van der Waals surface area contributed by atoms with Gasteiger partial charge in [-0.1, -0.05) is 81.2 Å². The third kappa shape index (κ3) is 14.8. The lowest BCUT2D eigenvalue weighted by Crippen LogP contribution is -2.10. The van der Waals surface area contributed by atoms with E-state index < -0.39 is 5.60 Å². The van der Waals surface area contributed by atoms with E-state index in [-0.39, 0.29) is 0 Å². The highest BCUT2D eigenvalue weighted by Crippen LogP contribution is 2.44. The molecule has 5 nitrogen and oxygen atoms in total. The number of carbonyl (C=O) groups excluding carboxylic acids is 1. The van der Waals surface area contributed by atoms with Gasteiger partial charge in [-0.3, -0.25) is 0 Å². The summed E-state index contributed by atoms with van der Waals surface area (Å²) in [5, 5.41) is 8.52. The summed E-state index contributed by atoms with van der Waals surface area (Å²) in [6.07, 6.45) is 11.0. The first-order chi connectivity index (χ1) is 20.1. The number of thiol groups is 1. The molecule has 3 rings (SSSR count). The molecule has 1 aliphatic rings. The van der Waals surface area contributed by atoms with Gasteiger partial charge in [0.15, 0.2) is 0 Å². The van der Waals surface area contributed by atoms with Crippen molar-refractivity contribution >= 4 is 30.4 Å². The standard InChI is InChI=1S/C27H38N2OS.C4H10O.C2H4O.2C2H6/c1-8-20-18(4)26(29-31)23(24-16-28-25(30-7)15-21(24)17(2)3)14-22(20)19-10-9-12-27(5,6)13-11-19;1-4(2,3)5;1-2-3;2*1-2/h11,14-17,29,31H,8-10,12-13H2,1-7H3;5H,1-3H3;2H,1H3;2*1-2H3. The van der Waals surface area contributed by atoms with Crippen LogP contribution in [0.1, 0.15) is 144 Å². The van der Waals surface area contributed by atoms with Crippen LogP contribution >= 0.6 is 12.8 Å². The summed E-state index contributed by atoms with van der Waals surface area (Å²) in [7, 11) is 1.67. The van der Waals surface area contributed by atoms with Crippen molar-refractivity contribution in [2.75, 3.05) is 11.8 Å². The van der Waals surface area contributed by atoms with Gasteiger partial charge in [0.25, 0.3) is 0 Å². The number of pyridine rings is 1. The number of aldehydes is 1. The summed E-state index contributed by atoms with van der Waals surface area (Å²) in [6.45, 7) is 28.4. The van der Waals surface area contributed by atoms with Crippen LogP contribution in [0, 0.1) is 12.3 Å². The summed E-state index contributed by atoms with van der Waals surface area (Å²) in [6, 6.07) is 4.45. The SMILES string of the molecule is CC.CC.CC(C)(C)O.CC=O.CCc1c(C2=CCC(C)(C)CCC2)cc(-c2cnc(OC)cc2C(C)C)c(NS)c1C. The third-order valence-corrected chi connectivity index (χ3v) is 6.98. The van der Waals surface area contributed by atoms with E-state index in [1.54, 1.807) is 27.9 Å². The zero-order valence-corrected chi connectivity index (χ0v) is 31.1. The molecule has 2 N–H and O–H groups in total. The second-order valence-corrected chi connectivity index (χ2v) is 12.5. The van der Waals surface area contributed by atoms with Crippen molar-refractivity contribution in [2.45, 2.75) is 141 Å². The van der Waals surface area contributed by atoms with Gasteiger partial charge in [0, 0.05) is 23.4 Å². The Hall–Kier alpha value is -2.31. The Bertz CT molecular complexity index is 1110. The second-order valence-electron chi connectivity index (χ2n) is 12.2. The Morgan fingerprint density at radius 1 is 1.12 bits per heavy atom. The first-order valence-corrected chi connectivity index (χ1v) is 16.5. The number of nitrogens with one attached hydrogen (secondary N) is 1. The molecule has 0 bridgehead atoms. The molecule has 0 saturated heterocycles. The summed E-state index contributed by atoms with van der Waals surface area (Å²) >= 11 is 4.50. The highest BCUT2D eigenvalue weighted by Gasteiger charge is 2.24. The summed E-state index contributed by atoms with van der Waals surface area (Å²) in [5.41, 5.74) is 10.1. The normalized spacial score (nSPS) is 13.6. The van der Waals surface area contributed by atoms with Crippen LogP contribution in [-0.2, 0) is 11.2 Å². The van der Waals surface area contributed by atoms with Crippen LogP contribution in [0.5, 0.6) is 5.88 Å². The molecule has 1 heterocycles. The maximum Gasteiger partial charge on any atom is 0.213 e. The van der Waals surface area contributed by atoms with E-state index in [1.165, 1.54) is 53.2 Å². The van der Waals surface area contributed by atoms with Crippen molar-refractivity contribution in [1.29, 1.82) is 0 Å². The highest BCUT2D eigenvalue weighted by molar-refractivity contribution is 7.81. The third-order valence-electron chi connectivity index (χ3n) is 6.76. The lowest BCUT2D eigenvalue weighted by Gasteiger charge is -2.23. The second kappa shape index (κ2) is 21.4. The fourth-order valence-corrected chi connectivity index (χ4v) is 5.12. The Morgan fingerprint density at radius 2 is 1.65 bits per heavy atom. The molecule has 0 radical (unpaired) electrons. The lowest BCUT2D eigenvalue weighted by molar-refractivity contribution is -0.106. The number of aliphatic hydroxyl groups is 1. The van der Waals surface area contributed by atoms with Crippen LogP contribution in [-0.4, -0.2) is 29.1 Å². The minimum atomic E-state index is -0.500.